The Kier molecular flexibility index (Phi) is 5.96. The Morgan fingerprint density at radius 1 is 1.12 bits per heavy atom. The lowest BCUT2D eigenvalue weighted by Gasteiger charge is -2.15. The molecule has 0 fully saturated rings. The van der Waals surface area contributed by atoms with Gasteiger partial charge in [-0.3, -0.25) is 4.79 Å². The standard InChI is InChI=1S/C18H17Cl2NO5/c1-11(26-13-2-4-14(19)15(20)8-13)18(22)21-6-7-23-12-3-5-16-17(9-12)25-10-24-16/h2-5,8-9,11H,6-7,10H2,1H3,(H,21,22). The Hall–Kier alpha value is -2.31. The summed E-state index contributed by atoms with van der Waals surface area (Å²) in [5, 5.41) is 3.54. The highest BCUT2D eigenvalue weighted by molar-refractivity contribution is 6.42. The van der Waals surface area contributed by atoms with E-state index >= 15 is 0 Å². The molecule has 1 aliphatic rings. The molecule has 0 aromatic heterocycles. The van der Waals surface area contributed by atoms with Crippen LogP contribution in [0, 0.1) is 0 Å². The van der Waals surface area contributed by atoms with Crippen LogP contribution in [0.4, 0.5) is 0 Å². The van der Waals surface area contributed by atoms with Crippen molar-refractivity contribution in [2.75, 3.05) is 19.9 Å². The second-order valence-corrected chi connectivity index (χ2v) is 6.30. The molecule has 0 radical (unpaired) electrons. The maximum Gasteiger partial charge on any atom is 0.260 e. The Morgan fingerprint density at radius 3 is 2.69 bits per heavy atom. The minimum Gasteiger partial charge on any atom is -0.492 e. The van der Waals surface area contributed by atoms with Gasteiger partial charge in [0.05, 0.1) is 16.6 Å². The zero-order valence-electron chi connectivity index (χ0n) is 14.0. The van der Waals surface area contributed by atoms with E-state index in [4.69, 9.17) is 42.1 Å². The molecule has 2 aromatic rings. The number of fused-ring (bicyclic) bond motifs is 1. The lowest BCUT2D eigenvalue weighted by molar-refractivity contribution is -0.127. The molecule has 138 valence electrons. The van der Waals surface area contributed by atoms with E-state index in [1.165, 1.54) is 0 Å². The van der Waals surface area contributed by atoms with Crippen molar-refractivity contribution in [1.29, 1.82) is 0 Å². The zero-order chi connectivity index (χ0) is 18.5. The average Bonchev–Trinajstić information content (AvgIpc) is 3.09. The van der Waals surface area contributed by atoms with Gasteiger partial charge in [-0.1, -0.05) is 23.2 Å². The Balaban J connectivity index is 1.41. The maximum absolute atomic E-state index is 12.1. The van der Waals surface area contributed by atoms with Crippen molar-refractivity contribution in [3.8, 4) is 23.0 Å². The first-order valence-corrected chi connectivity index (χ1v) is 8.70. The van der Waals surface area contributed by atoms with E-state index < -0.39 is 6.10 Å². The van der Waals surface area contributed by atoms with Crippen molar-refractivity contribution in [3.63, 3.8) is 0 Å². The van der Waals surface area contributed by atoms with Gasteiger partial charge in [0.1, 0.15) is 18.1 Å². The summed E-state index contributed by atoms with van der Waals surface area (Å²) in [6, 6.07) is 10.1. The number of halogens is 2. The number of carbonyl (C=O) groups excluding carboxylic acids is 1. The molecular formula is C18H17Cl2NO5. The summed E-state index contributed by atoms with van der Waals surface area (Å²) in [5.74, 6) is 2.20. The third-order valence-electron chi connectivity index (χ3n) is 3.59. The van der Waals surface area contributed by atoms with Crippen molar-refractivity contribution < 1.29 is 23.7 Å². The number of benzene rings is 2. The summed E-state index contributed by atoms with van der Waals surface area (Å²) in [6.07, 6.45) is -0.683. The van der Waals surface area contributed by atoms with E-state index in [0.29, 0.717) is 46.2 Å². The molecule has 0 bridgehead atoms. The predicted molar refractivity (Wildman–Crippen MR) is 97.6 cm³/mol. The predicted octanol–water partition coefficient (Wildman–Crippen LogP) is 3.68. The molecule has 26 heavy (non-hydrogen) atoms. The highest BCUT2D eigenvalue weighted by atomic mass is 35.5. The van der Waals surface area contributed by atoms with Crippen LogP contribution in [0.3, 0.4) is 0 Å². The lowest BCUT2D eigenvalue weighted by atomic mass is 10.3. The van der Waals surface area contributed by atoms with Gasteiger partial charge in [0.15, 0.2) is 17.6 Å². The van der Waals surface area contributed by atoms with Crippen LogP contribution in [0.5, 0.6) is 23.0 Å². The molecule has 6 nitrogen and oxygen atoms in total. The summed E-state index contributed by atoms with van der Waals surface area (Å²) in [6.45, 7) is 2.51. The van der Waals surface area contributed by atoms with Crippen LogP contribution in [0.2, 0.25) is 10.0 Å². The molecule has 1 heterocycles. The van der Waals surface area contributed by atoms with Crippen LogP contribution >= 0.6 is 23.2 Å². The minimum atomic E-state index is -0.683. The molecule has 1 aliphatic heterocycles. The van der Waals surface area contributed by atoms with E-state index in [-0.39, 0.29) is 12.7 Å². The number of hydrogen-bond acceptors (Lipinski definition) is 5. The average molecular weight is 398 g/mol. The smallest absolute Gasteiger partial charge is 0.260 e. The summed E-state index contributed by atoms with van der Waals surface area (Å²) < 4.78 is 21.7. The quantitative estimate of drug-likeness (QED) is 0.721. The lowest BCUT2D eigenvalue weighted by Crippen LogP contribution is -2.38. The third kappa shape index (κ3) is 4.65. The molecule has 0 saturated heterocycles. The van der Waals surface area contributed by atoms with Gasteiger partial charge < -0.3 is 24.3 Å². The number of ether oxygens (including phenoxy) is 4. The van der Waals surface area contributed by atoms with Crippen molar-refractivity contribution >= 4 is 29.1 Å². The molecule has 1 N–H and O–H groups in total. The second kappa shape index (κ2) is 8.38. The Morgan fingerprint density at radius 2 is 1.88 bits per heavy atom. The molecule has 1 unspecified atom stereocenters. The fourth-order valence-corrected chi connectivity index (χ4v) is 2.55. The molecule has 0 spiro atoms. The Labute approximate surface area is 160 Å². The number of rotatable bonds is 7. The summed E-state index contributed by atoms with van der Waals surface area (Å²) in [7, 11) is 0. The first kappa shape index (κ1) is 18.5. The number of nitrogens with one attached hydrogen (secondary N) is 1. The van der Waals surface area contributed by atoms with Crippen LogP contribution in [-0.2, 0) is 4.79 Å². The molecule has 0 saturated carbocycles. The van der Waals surface area contributed by atoms with Gasteiger partial charge in [0, 0.05) is 12.1 Å². The van der Waals surface area contributed by atoms with E-state index in [1.807, 2.05) is 0 Å². The van der Waals surface area contributed by atoms with Crippen molar-refractivity contribution in [3.05, 3.63) is 46.4 Å². The maximum atomic E-state index is 12.1. The fraction of sp³-hybridized carbons (Fsp3) is 0.278. The van der Waals surface area contributed by atoms with Gasteiger partial charge in [-0.25, -0.2) is 0 Å². The van der Waals surface area contributed by atoms with Crippen LogP contribution in [0.25, 0.3) is 0 Å². The van der Waals surface area contributed by atoms with Gasteiger partial charge in [0.2, 0.25) is 6.79 Å². The number of hydrogen-bond donors (Lipinski definition) is 1. The molecule has 3 rings (SSSR count). The number of carbonyl (C=O) groups is 1. The van der Waals surface area contributed by atoms with Crippen LogP contribution < -0.4 is 24.3 Å². The molecular weight excluding hydrogens is 381 g/mol. The normalized spacial score (nSPS) is 13.2. The Bertz CT molecular complexity index is 799. The highest BCUT2D eigenvalue weighted by Gasteiger charge is 2.16. The molecule has 1 amide bonds. The summed E-state index contributed by atoms with van der Waals surface area (Å²) in [4.78, 5) is 12.1. The summed E-state index contributed by atoms with van der Waals surface area (Å²) >= 11 is 11.8. The van der Waals surface area contributed by atoms with Crippen LogP contribution in [-0.4, -0.2) is 32.0 Å². The first-order chi connectivity index (χ1) is 12.5. The van der Waals surface area contributed by atoms with Gasteiger partial charge in [-0.2, -0.15) is 0 Å². The van der Waals surface area contributed by atoms with Crippen molar-refractivity contribution in [2.24, 2.45) is 0 Å². The van der Waals surface area contributed by atoms with E-state index in [2.05, 4.69) is 5.32 Å². The van der Waals surface area contributed by atoms with Gasteiger partial charge in [-0.15, -0.1) is 0 Å². The monoisotopic (exact) mass is 397 g/mol. The van der Waals surface area contributed by atoms with Crippen molar-refractivity contribution in [2.45, 2.75) is 13.0 Å². The second-order valence-electron chi connectivity index (χ2n) is 5.49. The topological polar surface area (TPSA) is 66.0 Å². The van der Waals surface area contributed by atoms with Crippen LogP contribution in [0.15, 0.2) is 36.4 Å². The van der Waals surface area contributed by atoms with E-state index in [9.17, 15) is 4.79 Å². The van der Waals surface area contributed by atoms with E-state index in [1.54, 1.807) is 43.3 Å². The van der Waals surface area contributed by atoms with Gasteiger partial charge in [0.25, 0.3) is 5.91 Å². The fourth-order valence-electron chi connectivity index (χ4n) is 2.26. The van der Waals surface area contributed by atoms with Gasteiger partial charge in [-0.05, 0) is 31.2 Å². The summed E-state index contributed by atoms with van der Waals surface area (Å²) in [5.41, 5.74) is 0. The number of amides is 1. The molecule has 1 atom stereocenters. The molecule has 2 aromatic carbocycles. The molecule has 8 heteroatoms. The third-order valence-corrected chi connectivity index (χ3v) is 4.33. The zero-order valence-corrected chi connectivity index (χ0v) is 15.5. The molecule has 0 aliphatic carbocycles. The van der Waals surface area contributed by atoms with Gasteiger partial charge >= 0.3 is 0 Å². The minimum absolute atomic E-state index is 0.214. The first-order valence-electron chi connectivity index (χ1n) is 7.95. The van der Waals surface area contributed by atoms with Crippen LogP contribution in [0.1, 0.15) is 6.92 Å². The highest BCUT2D eigenvalue weighted by Crippen LogP contribution is 2.35. The van der Waals surface area contributed by atoms with E-state index in [0.717, 1.165) is 0 Å². The largest absolute Gasteiger partial charge is 0.492 e. The SMILES string of the molecule is CC(Oc1ccc(Cl)c(Cl)c1)C(=O)NCCOc1ccc2c(c1)OCO2. The van der Waals surface area contributed by atoms with Crippen molar-refractivity contribution in [1.82, 2.24) is 5.32 Å².